The zero-order valence-electron chi connectivity index (χ0n) is 16.1. The number of rotatable bonds is 4. The summed E-state index contributed by atoms with van der Waals surface area (Å²) in [7, 11) is 0. The zero-order chi connectivity index (χ0) is 20.4. The van der Waals surface area contributed by atoms with Crippen LogP contribution < -0.4 is 20.9 Å². The first-order valence-electron chi connectivity index (χ1n) is 9.41. The average Bonchev–Trinajstić information content (AvgIpc) is 2.73. The van der Waals surface area contributed by atoms with E-state index in [2.05, 4.69) is 20.2 Å². The maximum absolute atomic E-state index is 14.1. The smallest absolute Gasteiger partial charge is 0.159 e. The van der Waals surface area contributed by atoms with Crippen LogP contribution >= 0.6 is 11.6 Å². The molecule has 0 unspecified atom stereocenters. The molecule has 150 valence electrons. The molecule has 29 heavy (non-hydrogen) atoms. The van der Waals surface area contributed by atoms with E-state index in [0.717, 1.165) is 11.3 Å². The van der Waals surface area contributed by atoms with Gasteiger partial charge in [0.15, 0.2) is 11.6 Å². The molecule has 0 bridgehead atoms. The predicted molar refractivity (Wildman–Crippen MR) is 117 cm³/mol. The molecule has 0 radical (unpaired) electrons. The fourth-order valence-electron chi connectivity index (χ4n) is 3.48. The first kappa shape index (κ1) is 19.3. The molecule has 1 aromatic heterocycles. The highest BCUT2D eigenvalue weighted by Crippen LogP contribution is 2.32. The summed E-state index contributed by atoms with van der Waals surface area (Å²) in [5, 5.41) is 3.93. The Balaban J connectivity index is 1.51. The van der Waals surface area contributed by atoms with E-state index in [-0.39, 0.29) is 5.82 Å². The molecule has 1 aliphatic heterocycles. The highest BCUT2D eigenvalue weighted by molar-refractivity contribution is 6.31. The predicted octanol–water partition coefficient (Wildman–Crippen LogP) is 4.23. The Labute approximate surface area is 174 Å². The summed E-state index contributed by atoms with van der Waals surface area (Å²) in [6.45, 7) is 4.67. The van der Waals surface area contributed by atoms with Gasteiger partial charge in [-0.05, 0) is 36.8 Å². The molecule has 8 heteroatoms. The van der Waals surface area contributed by atoms with Gasteiger partial charge in [0.05, 0.1) is 5.69 Å². The molecule has 2 heterocycles. The summed E-state index contributed by atoms with van der Waals surface area (Å²) in [4.78, 5) is 12.8. The van der Waals surface area contributed by atoms with E-state index in [1.165, 1.54) is 12.4 Å². The van der Waals surface area contributed by atoms with Crippen molar-refractivity contribution in [3.05, 3.63) is 65.2 Å². The number of hydrogen-bond acceptors (Lipinski definition) is 6. The average molecular weight is 413 g/mol. The Hall–Kier alpha value is -3.06. The summed E-state index contributed by atoms with van der Waals surface area (Å²) in [5.74, 6) is 1.01. The molecule has 4 rings (SSSR count). The quantitative estimate of drug-likeness (QED) is 0.668. The zero-order valence-corrected chi connectivity index (χ0v) is 16.8. The molecule has 3 N–H and O–H groups in total. The minimum Gasteiger partial charge on any atom is -0.393 e. The lowest BCUT2D eigenvalue weighted by atomic mass is 10.2. The molecule has 0 saturated carbocycles. The van der Waals surface area contributed by atoms with Gasteiger partial charge in [-0.2, -0.15) is 0 Å². The van der Waals surface area contributed by atoms with Crippen molar-refractivity contribution in [2.75, 3.05) is 47.0 Å². The normalized spacial score (nSPS) is 14.2. The van der Waals surface area contributed by atoms with E-state index in [9.17, 15) is 4.39 Å². The van der Waals surface area contributed by atoms with Gasteiger partial charge >= 0.3 is 0 Å². The van der Waals surface area contributed by atoms with E-state index < -0.39 is 0 Å². The molecule has 3 aromatic rings. The van der Waals surface area contributed by atoms with Crippen LogP contribution in [0.15, 0.2) is 48.8 Å². The Morgan fingerprint density at radius 1 is 1.00 bits per heavy atom. The molecular formula is C21H22ClFN6. The van der Waals surface area contributed by atoms with E-state index in [1.54, 1.807) is 12.1 Å². The molecule has 0 aliphatic carbocycles. The fourth-order valence-corrected chi connectivity index (χ4v) is 3.65. The van der Waals surface area contributed by atoms with Gasteiger partial charge in [0.25, 0.3) is 0 Å². The highest BCUT2D eigenvalue weighted by atomic mass is 35.5. The van der Waals surface area contributed by atoms with Gasteiger partial charge in [0, 0.05) is 36.9 Å². The first-order valence-corrected chi connectivity index (χ1v) is 9.79. The van der Waals surface area contributed by atoms with Crippen molar-refractivity contribution < 1.29 is 4.39 Å². The molecule has 0 spiro atoms. The minimum atomic E-state index is -0.203. The van der Waals surface area contributed by atoms with E-state index in [1.807, 2.05) is 36.1 Å². The summed E-state index contributed by atoms with van der Waals surface area (Å²) < 4.78 is 14.1. The number of benzene rings is 2. The van der Waals surface area contributed by atoms with Crippen LogP contribution in [0.1, 0.15) is 5.56 Å². The van der Waals surface area contributed by atoms with Crippen LogP contribution in [-0.2, 0) is 0 Å². The van der Waals surface area contributed by atoms with Crippen LogP contribution in [-0.4, -0.2) is 36.1 Å². The molecule has 1 saturated heterocycles. The summed E-state index contributed by atoms with van der Waals surface area (Å²) in [6.07, 6.45) is 1.50. The number of nitrogens with zero attached hydrogens (tertiary/aromatic N) is 4. The second kappa shape index (κ2) is 8.13. The Morgan fingerprint density at radius 2 is 1.72 bits per heavy atom. The van der Waals surface area contributed by atoms with Crippen molar-refractivity contribution >= 4 is 40.3 Å². The summed E-state index contributed by atoms with van der Waals surface area (Å²) >= 11 is 6.20. The number of nitrogens with one attached hydrogen (secondary N) is 1. The van der Waals surface area contributed by atoms with Crippen molar-refractivity contribution in [3.63, 3.8) is 0 Å². The number of aromatic nitrogens is 2. The van der Waals surface area contributed by atoms with E-state index in [0.29, 0.717) is 54.2 Å². The van der Waals surface area contributed by atoms with Crippen molar-refractivity contribution in [1.82, 2.24) is 9.97 Å². The van der Waals surface area contributed by atoms with Crippen LogP contribution in [0.5, 0.6) is 0 Å². The van der Waals surface area contributed by atoms with Gasteiger partial charge in [0.2, 0.25) is 0 Å². The number of para-hydroxylation sites is 1. The molecule has 1 fully saturated rings. The second-order valence-electron chi connectivity index (χ2n) is 6.92. The molecule has 2 aromatic carbocycles. The molecule has 6 nitrogen and oxygen atoms in total. The van der Waals surface area contributed by atoms with Crippen LogP contribution in [0.3, 0.4) is 0 Å². The van der Waals surface area contributed by atoms with Gasteiger partial charge in [-0.15, -0.1) is 0 Å². The number of piperazine rings is 1. The monoisotopic (exact) mass is 412 g/mol. The van der Waals surface area contributed by atoms with Gasteiger partial charge in [-0.3, -0.25) is 0 Å². The Kier molecular flexibility index (Phi) is 5.40. The summed E-state index contributed by atoms with van der Waals surface area (Å²) in [6, 6.07) is 12.5. The second-order valence-corrected chi connectivity index (χ2v) is 7.33. The number of hydrogen-bond donors (Lipinski definition) is 2. The maximum Gasteiger partial charge on any atom is 0.159 e. The number of nitrogens with two attached hydrogens (primary N) is 1. The lowest BCUT2D eigenvalue weighted by Gasteiger charge is -2.37. The lowest BCUT2D eigenvalue weighted by Crippen LogP contribution is -2.47. The third kappa shape index (κ3) is 3.91. The fraction of sp³-hybridized carbons (Fsp3) is 0.238. The van der Waals surface area contributed by atoms with Gasteiger partial charge in [-0.1, -0.05) is 29.8 Å². The molecule has 0 atom stereocenters. The summed E-state index contributed by atoms with van der Waals surface area (Å²) in [5.41, 5.74) is 9.26. The van der Waals surface area contributed by atoms with Crippen LogP contribution in [0, 0.1) is 12.7 Å². The maximum atomic E-state index is 14.1. The number of halogens is 2. The number of anilines is 5. The van der Waals surface area contributed by atoms with Crippen LogP contribution in [0.4, 0.5) is 33.1 Å². The topological polar surface area (TPSA) is 70.3 Å². The van der Waals surface area contributed by atoms with Crippen molar-refractivity contribution in [3.8, 4) is 0 Å². The van der Waals surface area contributed by atoms with Crippen molar-refractivity contribution in [2.45, 2.75) is 6.92 Å². The molecular weight excluding hydrogens is 391 g/mol. The molecule has 0 amide bonds. The Morgan fingerprint density at radius 3 is 2.48 bits per heavy atom. The highest BCUT2D eigenvalue weighted by Gasteiger charge is 2.23. The lowest BCUT2D eigenvalue weighted by molar-refractivity contribution is 0.596. The Bertz CT molecular complexity index is 1020. The third-order valence-corrected chi connectivity index (χ3v) is 5.57. The SMILES string of the molecule is Cc1c(Cl)cccc1Nc1ncnc(N2CCN(c3ccccc3F)CC2)c1N. The largest absolute Gasteiger partial charge is 0.393 e. The minimum absolute atomic E-state index is 0.203. The number of nitrogen functional groups attached to an aromatic ring is 1. The van der Waals surface area contributed by atoms with Crippen molar-refractivity contribution in [2.24, 2.45) is 0 Å². The first-order chi connectivity index (χ1) is 14.0. The van der Waals surface area contributed by atoms with Gasteiger partial charge in [-0.25, -0.2) is 14.4 Å². The van der Waals surface area contributed by atoms with Gasteiger partial charge in [0.1, 0.15) is 17.8 Å². The van der Waals surface area contributed by atoms with Crippen molar-refractivity contribution in [1.29, 1.82) is 0 Å². The van der Waals surface area contributed by atoms with Crippen LogP contribution in [0.2, 0.25) is 5.02 Å². The molecule has 1 aliphatic rings. The van der Waals surface area contributed by atoms with E-state index >= 15 is 0 Å². The third-order valence-electron chi connectivity index (χ3n) is 5.16. The van der Waals surface area contributed by atoms with Crippen LogP contribution in [0.25, 0.3) is 0 Å². The van der Waals surface area contributed by atoms with E-state index in [4.69, 9.17) is 17.3 Å². The standard InChI is InChI=1S/C21H22ClFN6/c1-14-15(22)5-4-7-17(14)27-20-19(24)21(26-13-25-20)29-11-9-28(10-12-29)18-8-3-2-6-16(18)23/h2-8,13H,9-12,24H2,1H3,(H,25,26,27). The van der Waals surface area contributed by atoms with Gasteiger partial charge < -0.3 is 20.9 Å².